The zero-order chi connectivity index (χ0) is 12.0. The van der Waals surface area contributed by atoms with E-state index in [0.717, 1.165) is 19.4 Å². The van der Waals surface area contributed by atoms with E-state index in [1.54, 1.807) is 0 Å². The van der Waals surface area contributed by atoms with Crippen LogP contribution in [-0.4, -0.2) is 42.3 Å². The highest BCUT2D eigenvalue weighted by Gasteiger charge is 2.24. The fourth-order valence-corrected chi connectivity index (χ4v) is 2.23. The van der Waals surface area contributed by atoms with Gasteiger partial charge in [-0.1, -0.05) is 6.92 Å². The first-order chi connectivity index (χ1) is 7.67. The standard InChI is InChI=1S/C12H22N2O2/c1-3-13-12(16)9-14(4-2)10-5-7-11(15)8-6-10/h10H,3-9H2,1-2H3,(H,13,16). The van der Waals surface area contributed by atoms with Gasteiger partial charge in [-0.15, -0.1) is 0 Å². The van der Waals surface area contributed by atoms with E-state index in [1.165, 1.54) is 0 Å². The predicted octanol–water partition coefficient (Wildman–Crippen LogP) is 0.956. The molecule has 0 aliphatic heterocycles. The van der Waals surface area contributed by atoms with Gasteiger partial charge in [0, 0.05) is 25.4 Å². The van der Waals surface area contributed by atoms with Crippen molar-refractivity contribution in [3.63, 3.8) is 0 Å². The molecule has 0 bridgehead atoms. The zero-order valence-electron chi connectivity index (χ0n) is 10.3. The maximum absolute atomic E-state index is 11.5. The molecule has 0 radical (unpaired) electrons. The third kappa shape index (κ3) is 3.93. The van der Waals surface area contributed by atoms with Gasteiger partial charge in [0.1, 0.15) is 5.78 Å². The average molecular weight is 226 g/mol. The van der Waals surface area contributed by atoms with Crippen LogP contribution in [0.2, 0.25) is 0 Å². The SMILES string of the molecule is CCNC(=O)CN(CC)C1CCC(=O)CC1. The van der Waals surface area contributed by atoms with Gasteiger partial charge in [0.2, 0.25) is 5.91 Å². The topological polar surface area (TPSA) is 49.4 Å². The van der Waals surface area contributed by atoms with Gasteiger partial charge in [-0.2, -0.15) is 0 Å². The summed E-state index contributed by atoms with van der Waals surface area (Å²) in [5.74, 6) is 0.451. The van der Waals surface area contributed by atoms with Crippen molar-refractivity contribution >= 4 is 11.7 Å². The van der Waals surface area contributed by atoms with E-state index >= 15 is 0 Å². The van der Waals surface area contributed by atoms with Crippen LogP contribution in [0.3, 0.4) is 0 Å². The molecule has 0 spiro atoms. The fraction of sp³-hybridized carbons (Fsp3) is 0.833. The van der Waals surface area contributed by atoms with E-state index < -0.39 is 0 Å². The molecule has 1 rings (SSSR count). The van der Waals surface area contributed by atoms with Crippen molar-refractivity contribution in [1.29, 1.82) is 0 Å². The molecule has 0 atom stereocenters. The Bertz CT molecular complexity index is 243. The molecule has 0 heterocycles. The van der Waals surface area contributed by atoms with Crippen LogP contribution < -0.4 is 5.32 Å². The minimum absolute atomic E-state index is 0.0845. The third-order valence-electron chi connectivity index (χ3n) is 3.16. The number of likely N-dealkylation sites (N-methyl/N-ethyl adjacent to an activating group) is 2. The van der Waals surface area contributed by atoms with Crippen LogP contribution in [0, 0.1) is 0 Å². The summed E-state index contributed by atoms with van der Waals surface area (Å²) in [6.07, 6.45) is 3.17. The Hall–Kier alpha value is -0.900. The minimum Gasteiger partial charge on any atom is -0.355 e. The first kappa shape index (κ1) is 13.2. The molecule has 1 amide bonds. The van der Waals surface area contributed by atoms with Gasteiger partial charge >= 0.3 is 0 Å². The Balaban J connectivity index is 2.41. The molecule has 0 aromatic carbocycles. The Labute approximate surface area is 97.4 Å². The maximum Gasteiger partial charge on any atom is 0.234 e. The molecule has 1 saturated carbocycles. The molecule has 0 unspecified atom stereocenters. The van der Waals surface area contributed by atoms with Crippen molar-refractivity contribution in [3.8, 4) is 0 Å². The third-order valence-corrected chi connectivity index (χ3v) is 3.16. The molecule has 4 heteroatoms. The van der Waals surface area contributed by atoms with Gasteiger partial charge in [0.25, 0.3) is 0 Å². The number of nitrogens with zero attached hydrogens (tertiary/aromatic N) is 1. The molecule has 92 valence electrons. The summed E-state index contributed by atoms with van der Waals surface area (Å²) >= 11 is 0. The van der Waals surface area contributed by atoms with Crippen LogP contribution in [0.25, 0.3) is 0 Å². The lowest BCUT2D eigenvalue weighted by atomic mass is 9.93. The summed E-state index contributed by atoms with van der Waals surface area (Å²) < 4.78 is 0. The van der Waals surface area contributed by atoms with Crippen molar-refractivity contribution in [2.75, 3.05) is 19.6 Å². The Morgan fingerprint density at radius 2 is 2.00 bits per heavy atom. The average Bonchev–Trinajstić information content (AvgIpc) is 2.27. The van der Waals surface area contributed by atoms with Crippen molar-refractivity contribution in [2.45, 2.75) is 45.6 Å². The summed E-state index contributed by atoms with van der Waals surface area (Å²) in [7, 11) is 0. The van der Waals surface area contributed by atoms with Gasteiger partial charge < -0.3 is 5.32 Å². The summed E-state index contributed by atoms with van der Waals surface area (Å²) in [5.41, 5.74) is 0. The molecule has 1 N–H and O–H groups in total. The number of carbonyl (C=O) groups excluding carboxylic acids is 2. The van der Waals surface area contributed by atoms with E-state index in [9.17, 15) is 9.59 Å². The number of carbonyl (C=O) groups is 2. The molecule has 0 aromatic rings. The van der Waals surface area contributed by atoms with Gasteiger partial charge in [0.05, 0.1) is 6.54 Å². The molecular formula is C12H22N2O2. The van der Waals surface area contributed by atoms with Crippen LogP contribution >= 0.6 is 0 Å². The quantitative estimate of drug-likeness (QED) is 0.759. The van der Waals surface area contributed by atoms with Gasteiger partial charge in [0.15, 0.2) is 0 Å². The number of rotatable bonds is 5. The number of hydrogen-bond donors (Lipinski definition) is 1. The van der Waals surface area contributed by atoms with Gasteiger partial charge in [-0.05, 0) is 26.3 Å². The number of hydrogen-bond acceptors (Lipinski definition) is 3. The van der Waals surface area contributed by atoms with Crippen LogP contribution in [0.1, 0.15) is 39.5 Å². The lowest BCUT2D eigenvalue weighted by Crippen LogP contribution is -2.44. The second-order valence-corrected chi connectivity index (χ2v) is 4.29. The molecule has 0 saturated heterocycles. The largest absolute Gasteiger partial charge is 0.355 e. The molecule has 1 aliphatic rings. The molecule has 0 aromatic heterocycles. The highest BCUT2D eigenvalue weighted by molar-refractivity contribution is 5.79. The van der Waals surface area contributed by atoms with E-state index in [4.69, 9.17) is 0 Å². The second kappa shape index (κ2) is 6.63. The lowest BCUT2D eigenvalue weighted by molar-refractivity contribution is -0.123. The highest BCUT2D eigenvalue weighted by Crippen LogP contribution is 2.19. The van der Waals surface area contributed by atoms with E-state index in [0.29, 0.717) is 37.8 Å². The van der Waals surface area contributed by atoms with E-state index in [2.05, 4.69) is 17.1 Å². The normalized spacial score (nSPS) is 17.8. The minimum atomic E-state index is 0.0845. The number of ketones is 1. The van der Waals surface area contributed by atoms with E-state index in [1.807, 2.05) is 6.92 Å². The summed E-state index contributed by atoms with van der Waals surface area (Å²) in [4.78, 5) is 24.8. The molecule has 1 aliphatic carbocycles. The molecule has 1 fully saturated rings. The fourth-order valence-electron chi connectivity index (χ4n) is 2.23. The van der Waals surface area contributed by atoms with Crippen molar-refractivity contribution in [1.82, 2.24) is 10.2 Å². The summed E-state index contributed by atoms with van der Waals surface area (Å²) in [6.45, 7) is 6.00. The first-order valence-electron chi connectivity index (χ1n) is 6.19. The predicted molar refractivity (Wildman–Crippen MR) is 63.2 cm³/mol. The summed E-state index contributed by atoms with van der Waals surface area (Å²) in [5, 5.41) is 2.81. The van der Waals surface area contributed by atoms with Crippen LogP contribution in [0.5, 0.6) is 0 Å². The van der Waals surface area contributed by atoms with Crippen molar-refractivity contribution in [3.05, 3.63) is 0 Å². The summed E-state index contributed by atoms with van der Waals surface area (Å²) in [6, 6.07) is 0.408. The van der Waals surface area contributed by atoms with Gasteiger partial charge in [-0.3, -0.25) is 14.5 Å². The lowest BCUT2D eigenvalue weighted by Gasteiger charge is -2.32. The van der Waals surface area contributed by atoms with E-state index in [-0.39, 0.29) is 5.91 Å². The van der Waals surface area contributed by atoms with Gasteiger partial charge in [-0.25, -0.2) is 0 Å². The molecule has 4 nitrogen and oxygen atoms in total. The van der Waals surface area contributed by atoms with Crippen molar-refractivity contribution < 1.29 is 9.59 Å². The zero-order valence-corrected chi connectivity index (χ0v) is 10.3. The maximum atomic E-state index is 11.5. The smallest absolute Gasteiger partial charge is 0.234 e. The first-order valence-corrected chi connectivity index (χ1v) is 6.19. The Morgan fingerprint density at radius 3 is 2.50 bits per heavy atom. The highest BCUT2D eigenvalue weighted by atomic mass is 16.2. The van der Waals surface area contributed by atoms with Crippen LogP contribution in [0.15, 0.2) is 0 Å². The van der Waals surface area contributed by atoms with Crippen molar-refractivity contribution in [2.24, 2.45) is 0 Å². The Morgan fingerprint density at radius 1 is 1.38 bits per heavy atom. The molecule has 16 heavy (non-hydrogen) atoms. The number of nitrogens with one attached hydrogen (secondary N) is 1. The monoisotopic (exact) mass is 226 g/mol. The second-order valence-electron chi connectivity index (χ2n) is 4.29. The molecular weight excluding hydrogens is 204 g/mol. The number of Topliss-reactive ketones (excluding diaryl/α,β-unsaturated/α-hetero) is 1. The Kier molecular flexibility index (Phi) is 5.46. The van der Waals surface area contributed by atoms with Crippen LogP contribution in [-0.2, 0) is 9.59 Å². The van der Waals surface area contributed by atoms with Crippen LogP contribution in [0.4, 0.5) is 0 Å². The number of amides is 1.